The van der Waals surface area contributed by atoms with Crippen molar-refractivity contribution in [3.05, 3.63) is 86.8 Å². The minimum Gasteiger partial charge on any atom is -0.508 e. The fraction of sp³-hybridized carbons (Fsp3) is 0.167. The number of aromatic hydroxyl groups is 1. The molecule has 174 valence electrons. The van der Waals surface area contributed by atoms with Crippen molar-refractivity contribution in [2.24, 2.45) is 0 Å². The van der Waals surface area contributed by atoms with E-state index in [1.54, 1.807) is 16.7 Å². The summed E-state index contributed by atoms with van der Waals surface area (Å²) in [6.45, 7) is 3.97. The van der Waals surface area contributed by atoms with Crippen LogP contribution in [0.1, 0.15) is 36.7 Å². The smallest absolute Gasteiger partial charge is 0.260 e. The molecule has 4 rings (SSSR count). The first-order valence-corrected chi connectivity index (χ1v) is 10.8. The van der Waals surface area contributed by atoms with Gasteiger partial charge in [-0.25, -0.2) is 14.4 Å². The molecule has 0 unspecified atom stereocenters. The predicted octanol–water partition coefficient (Wildman–Crippen LogP) is 4.48. The average molecular weight is 481 g/mol. The molecule has 0 fully saturated rings. The molecule has 0 radical (unpaired) electrons. The Morgan fingerprint density at radius 3 is 2.74 bits per heavy atom. The minimum atomic E-state index is -0.694. The van der Waals surface area contributed by atoms with E-state index in [0.717, 1.165) is 12.1 Å². The van der Waals surface area contributed by atoms with Gasteiger partial charge in [0.15, 0.2) is 0 Å². The minimum absolute atomic E-state index is 0.0118. The third-order valence-corrected chi connectivity index (χ3v) is 5.68. The maximum atomic E-state index is 13.8. The second kappa shape index (κ2) is 9.11. The molecule has 34 heavy (non-hydrogen) atoms. The van der Waals surface area contributed by atoms with E-state index < -0.39 is 5.82 Å². The van der Waals surface area contributed by atoms with Gasteiger partial charge < -0.3 is 20.7 Å². The fourth-order valence-corrected chi connectivity index (χ4v) is 4.17. The summed E-state index contributed by atoms with van der Waals surface area (Å²) in [6, 6.07) is 10.3. The van der Waals surface area contributed by atoms with Crippen LogP contribution < -0.4 is 16.6 Å². The molecule has 0 saturated heterocycles. The van der Waals surface area contributed by atoms with E-state index in [9.17, 15) is 14.3 Å². The highest BCUT2D eigenvalue weighted by atomic mass is 35.5. The Morgan fingerprint density at radius 2 is 2.03 bits per heavy atom. The van der Waals surface area contributed by atoms with Crippen molar-refractivity contribution < 1.29 is 9.50 Å². The highest BCUT2D eigenvalue weighted by molar-refractivity contribution is 6.35. The molecule has 10 heteroatoms. The molecule has 5 N–H and O–H groups in total. The third-order valence-electron chi connectivity index (χ3n) is 5.36. The zero-order valence-electron chi connectivity index (χ0n) is 18.4. The molecule has 2 aromatic carbocycles. The number of rotatable bonds is 6. The van der Waals surface area contributed by atoms with Crippen molar-refractivity contribution >= 4 is 39.7 Å². The SMILES string of the molecule is CC(C)n1c(CNc2ncnc(N)c2C(=N)c2cc(O)cc(F)c2)cc2cccc(Cl)c2c1=O. The van der Waals surface area contributed by atoms with Crippen LogP contribution in [-0.4, -0.2) is 25.4 Å². The molecular weight excluding hydrogens is 459 g/mol. The van der Waals surface area contributed by atoms with Crippen LogP contribution in [0.25, 0.3) is 10.8 Å². The first-order valence-electron chi connectivity index (χ1n) is 10.4. The topological polar surface area (TPSA) is 130 Å². The number of hydrogen-bond acceptors (Lipinski definition) is 7. The van der Waals surface area contributed by atoms with Gasteiger partial charge in [0.05, 0.1) is 28.2 Å². The van der Waals surface area contributed by atoms with Crippen LogP contribution in [0.5, 0.6) is 5.75 Å². The normalized spacial score (nSPS) is 11.2. The van der Waals surface area contributed by atoms with Gasteiger partial charge in [-0.1, -0.05) is 23.7 Å². The van der Waals surface area contributed by atoms with Crippen LogP contribution in [0, 0.1) is 11.2 Å². The number of nitrogens with two attached hydrogens (primary N) is 1. The second-order valence-corrected chi connectivity index (χ2v) is 8.43. The summed E-state index contributed by atoms with van der Waals surface area (Å²) in [5.41, 5.74) is 6.60. The lowest BCUT2D eigenvalue weighted by molar-refractivity contribution is 0.469. The molecule has 2 aromatic heterocycles. The van der Waals surface area contributed by atoms with Gasteiger partial charge in [0, 0.05) is 23.4 Å². The summed E-state index contributed by atoms with van der Waals surface area (Å²) < 4.78 is 15.5. The van der Waals surface area contributed by atoms with Gasteiger partial charge in [-0.15, -0.1) is 0 Å². The van der Waals surface area contributed by atoms with Crippen LogP contribution in [0.15, 0.2) is 53.6 Å². The molecular formula is C24H22ClFN6O2. The number of benzene rings is 2. The lowest BCUT2D eigenvalue weighted by Crippen LogP contribution is -2.27. The summed E-state index contributed by atoms with van der Waals surface area (Å²) in [4.78, 5) is 21.4. The number of anilines is 2. The molecule has 0 aliphatic carbocycles. The van der Waals surface area contributed by atoms with E-state index in [-0.39, 0.29) is 52.4 Å². The number of fused-ring (bicyclic) bond motifs is 1. The summed E-state index contributed by atoms with van der Waals surface area (Å²) >= 11 is 6.29. The maximum absolute atomic E-state index is 13.8. The molecule has 0 spiro atoms. The molecule has 0 aliphatic heterocycles. The molecule has 0 atom stereocenters. The third kappa shape index (κ3) is 4.29. The van der Waals surface area contributed by atoms with E-state index in [4.69, 9.17) is 22.7 Å². The highest BCUT2D eigenvalue weighted by Gasteiger charge is 2.19. The predicted molar refractivity (Wildman–Crippen MR) is 131 cm³/mol. The summed E-state index contributed by atoms with van der Waals surface area (Å²) in [6.07, 6.45) is 1.24. The van der Waals surface area contributed by atoms with E-state index in [1.807, 2.05) is 26.0 Å². The average Bonchev–Trinajstić information content (AvgIpc) is 2.76. The van der Waals surface area contributed by atoms with Crippen molar-refractivity contribution in [1.29, 1.82) is 5.41 Å². The number of phenolic OH excluding ortho intramolecular Hbond substituents is 1. The number of aromatic nitrogens is 3. The second-order valence-electron chi connectivity index (χ2n) is 8.02. The van der Waals surface area contributed by atoms with Gasteiger partial charge in [0.25, 0.3) is 5.56 Å². The number of pyridine rings is 1. The zero-order valence-corrected chi connectivity index (χ0v) is 19.2. The highest BCUT2D eigenvalue weighted by Crippen LogP contribution is 2.26. The van der Waals surface area contributed by atoms with E-state index >= 15 is 0 Å². The van der Waals surface area contributed by atoms with Gasteiger partial charge in [-0.05, 0) is 43.5 Å². The quantitative estimate of drug-likeness (QED) is 0.301. The van der Waals surface area contributed by atoms with E-state index in [2.05, 4.69) is 15.3 Å². The standard InChI is InChI=1S/C24H22ClFN6O2/c1-12(2)32-16(7-13-4-3-5-18(25)19(13)24(32)34)10-29-23-20(22(28)30-11-31-23)21(27)14-6-15(26)9-17(33)8-14/h3-9,11-12,27,33H,10H2,1-2H3,(H3,28,29,30,31). The van der Waals surface area contributed by atoms with Crippen molar-refractivity contribution in [2.45, 2.75) is 26.4 Å². The number of nitrogens with one attached hydrogen (secondary N) is 2. The lowest BCUT2D eigenvalue weighted by atomic mass is 10.0. The number of halogens is 2. The van der Waals surface area contributed by atoms with Crippen molar-refractivity contribution in [3.8, 4) is 5.75 Å². The maximum Gasteiger partial charge on any atom is 0.260 e. The van der Waals surface area contributed by atoms with Crippen LogP contribution in [0.2, 0.25) is 5.02 Å². The number of hydrogen-bond donors (Lipinski definition) is 4. The summed E-state index contributed by atoms with van der Waals surface area (Å²) in [5.74, 6) is -0.770. The van der Waals surface area contributed by atoms with Gasteiger partial charge in [-0.2, -0.15) is 0 Å². The van der Waals surface area contributed by atoms with Gasteiger partial charge in [-0.3, -0.25) is 10.2 Å². The summed E-state index contributed by atoms with van der Waals surface area (Å²) in [7, 11) is 0. The van der Waals surface area contributed by atoms with E-state index in [0.29, 0.717) is 21.5 Å². The van der Waals surface area contributed by atoms with Crippen LogP contribution >= 0.6 is 11.6 Å². The van der Waals surface area contributed by atoms with Crippen LogP contribution in [0.3, 0.4) is 0 Å². The van der Waals surface area contributed by atoms with Crippen molar-refractivity contribution in [3.63, 3.8) is 0 Å². The first kappa shape index (κ1) is 23.2. The number of nitrogens with zero attached hydrogens (tertiary/aromatic N) is 3. The molecule has 2 heterocycles. The van der Waals surface area contributed by atoms with Crippen LogP contribution in [0.4, 0.5) is 16.0 Å². The van der Waals surface area contributed by atoms with Gasteiger partial charge in [0.2, 0.25) is 0 Å². The van der Waals surface area contributed by atoms with Crippen LogP contribution in [-0.2, 0) is 6.54 Å². The molecule has 0 aliphatic rings. The van der Waals surface area contributed by atoms with Gasteiger partial charge in [0.1, 0.15) is 29.5 Å². The Balaban J connectivity index is 1.76. The zero-order chi connectivity index (χ0) is 24.6. The Kier molecular flexibility index (Phi) is 6.21. The Bertz CT molecular complexity index is 1460. The Hall–Kier alpha value is -3.98. The molecule has 0 amide bonds. The Morgan fingerprint density at radius 1 is 1.26 bits per heavy atom. The number of nitrogen functional groups attached to an aromatic ring is 1. The largest absolute Gasteiger partial charge is 0.508 e. The Labute approximate surface area is 199 Å². The van der Waals surface area contributed by atoms with Crippen molar-refractivity contribution in [1.82, 2.24) is 14.5 Å². The molecule has 0 bridgehead atoms. The summed E-state index contributed by atoms with van der Waals surface area (Å²) in [5, 5.41) is 23.0. The molecule has 4 aromatic rings. The lowest BCUT2D eigenvalue weighted by Gasteiger charge is -2.20. The van der Waals surface area contributed by atoms with Gasteiger partial charge >= 0.3 is 0 Å². The van der Waals surface area contributed by atoms with Crippen molar-refractivity contribution in [2.75, 3.05) is 11.1 Å². The number of phenols is 1. The fourth-order valence-electron chi connectivity index (χ4n) is 3.91. The van der Waals surface area contributed by atoms with E-state index in [1.165, 1.54) is 12.4 Å². The first-order chi connectivity index (χ1) is 16.2. The monoisotopic (exact) mass is 480 g/mol. The molecule has 8 nitrogen and oxygen atoms in total. The molecule has 0 saturated carbocycles.